The fourth-order valence-electron chi connectivity index (χ4n) is 16.0. The van der Waals surface area contributed by atoms with Crippen molar-refractivity contribution in [2.75, 3.05) is 19.6 Å². The second kappa shape index (κ2) is 55.0. The number of β-lactam (4-membered cyclic amide) rings is 1. The molecule has 13 nitrogen and oxygen atoms in total. The van der Waals surface area contributed by atoms with Gasteiger partial charge in [-0.25, -0.2) is 9.59 Å². The van der Waals surface area contributed by atoms with Gasteiger partial charge in [-0.2, -0.15) is 4.57 Å². The molecule has 582 valence electrons. The van der Waals surface area contributed by atoms with Crippen molar-refractivity contribution in [2.45, 2.75) is 437 Å². The Morgan fingerprint density at radius 2 is 0.824 bits per heavy atom. The molecule has 1 aromatic heterocycles. The number of aromatic nitrogens is 1. The molecule has 4 atom stereocenters. The van der Waals surface area contributed by atoms with Crippen molar-refractivity contribution in [1.82, 2.24) is 25.3 Å². The Labute approximate surface area is 628 Å². The highest BCUT2D eigenvalue weighted by Gasteiger charge is 2.64. The maximum absolute atomic E-state index is 13.3. The van der Waals surface area contributed by atoms with Crippen LogP contribution >= 0.6 is 11.8 Å². The van der Waals surface area contributed by atoms with Crippen LogP contribution in [0.15, 0.2) is 30.3 Å². The number of hydrogen-bond donors (Lipinski definition) is 3. The van der Waals surface area contributed by atoms with Crippen LogP contribution in [0.25, 0.3) is 0 Å². The molecule has 3 saturated heterocycles. The number of amides is 6. The molecule has 3 fully saturated rings. The largest absolute Gasteiger partial charge is 0.480 e. The Morgan fingerprint density at radius 3 is 1.20 bits per heavy atom. The van der Waals surface area contributed by atoms with E-state index in [1.807, 2.05) is 28.1 Å². The minimum atomic E-state index is -1.26. The molecule has 3 aliphatic rings. The fraction of sp³-hybridized carbons (Fsp3) is 0.807. The van der Waals surface area contributed by atoms with Crippen molar-refractivity contribution in [2.24, 2.45) is 0 Å². The van der Waals surface area contributed by atoms with Gasteiger partial charge in [0.15, 0.2) is 11.4 Å². The first kappa shape index (κ1) is 89.9. The third-order valence-corrected chi connectivity index (χ3v) is 23.8. The van der Waals surface area contributed by atoms with Crippen LogP contribution in [0, 0.1) is 0 Å². The zero-order chi connectivity index (χ0) is 74.0. The van der Waals surface area contributed by atoms with Crippen molar-refractivity contribution >= 4 is 47.4 Å². The SMILES string of the molecule is CCCCCCCCCCc1c(CCCCCCCCCC)c(CCCCCCCCCC)[n+](CCCCCCCCCC)c(CCCCCCCCCC)c1CCCCCCCCCC.CCN1CCN(C(=O)N[C@@H](C(=O)N[C@@H]2C(=O)N3[C@@H]2SC(C)(C)[C@@H]3C(=O)O)c2ccccc2)C(=O)C1=O. The topological polar surface area (TPSA) is 160 Å². The second-order valence-electron chi connectivity index (χ2n) is 31.3. The zero-order valence-corrected chi connectivity index (χ0v) is 67.9. The Hall–Kier alpha value is -4.46. The van der Waals surface area contributed by atoms with Crippen LogP contribution in [-0.4, -0.2) is 97.3 Å². The number of unbranched alkanes of at least 4 members (excludes halogenated alkanes) is 42. The summed E-state index contributed by atoms with van der Waals surface area (Å²) in [7, 11) is 0. The van der Waals surface area contributed by atoms with E-state index in [9.17, 15) is 33.9 Å². The highest BCUT2D eigenvalue weighted by atomic mass is 32.2. The number of nitrogens with zero attached hydrogens (tertiary/aromatic N) is 4. The molecule has 3 aliphatic heterocycles. The summed E-state index contributed by atoms with van der Waals surface area (Å²) in [6, 6.07) is 4.11. The molecule has 3 N–H and O–H groups in total. The first-order chi connectivity index (χ1) is 49.7. The number of aliphatic carboxylic acids is 1. The molecule has 4 heterocycles. The molecule has 2 aromatic rings. The highest BCUT2D eigenvalue weighted by Crippen LogP contribution is 2.51. The number of benzene rings is 1. The molecule has 0 aliphatic carbocycles. The van der Waals surface area contributed by atoms with E-state index in [4.69, 9.17) is 0 Å². The van der Waals surface area contributed by atoms with Gasteiger partial charge >= 0.3 is 23.8 Å². The van der Waals surface area contributed by atoms with Crippen LogP contribution in [0.5, 0.6) is 0 Å². The van der Waals surface area contributed by atoms with Crippen molar-refractivity contribution in [1.29, 1.82) is 0 Å². The van der Waals surface area contributed by atoms with Gasteiger partial charge in [0.2, 0.25) is 11.8 Å². The number of nitrogens with one attached hydrogen (secondary N) is 2. The Morgan fingerprint density at radius 1 is 0.471 bits per heavy atom. The molecule has 14 heteroatoms. The van der Waals surface area contributed by atoms with Gasteiger partial charge in [-0.05, 0) is 89.7 Å². The van der Waals surface area contributed by atoms with Gasteiger partial charge in [0, 0.05) is 54.8 Å². The third-order valence-electron chi connectivity index (χ3n) is 22.3. The van der Waals surface area contributed by atoms with Crippen LogP contribution in [0.1, 0.15) is 410 Å². The Balaban J connectivity index is 0.000000509. The van der Waals surface area contributed by atoms with E-state index in [0.717, 1.165) is 4.90 Å². The number of carbonyl (C=O) groups excluding carboxylic acids is 5. The normalized spacial score (nSPS) is 16.7. The number of rotatable bonds is 60. The average Bonchev–Trinajstić information content (AvgIpc) is 1.53. The summed E-state index contributed by atoms with van der Waals surface area (Å²) in [5.41, 5.74) is 9.84. The minimum Gasteiger partial charge on any atom is -0.480 e. The van der Waals surface area contributed by atoms with E-state index < -0.39 is 63.9 Å². The van der Waals surface area contributed by atoms with E-state index in [0.29, 0.717) is 12.1 Å². The summed E-state index contributed by atoms with van der Waals surface area (Å²) in [4.78, 5) is 78.8. The van der Waals surface area contributed by atoms with Crippen molar-refractivity contribution in [3.63, 3.8) is 0 Å². The average molecular weight is 1440 g/mol. The molecule has 0 bridgehead atoms. The summed E-state index contributed by atoms with van der Waals surface area (Å²) in [5, 5.41) is 14.2. The molecular formula is C88H153N6O7S+. The molecule has 0 saturated carbocycles. The van der Waals surface area contributed by atoms with Gasteiger partial charge in [0.05, 0.1) is 0 Å². The van der Waals surface area contributed by atoms with Crippen LogP contribution in [0.3, 0.4) is 0 Å². The van der Waals surface area contributed by atoms with Gasteiger partial charge in [-0.15, -0.1) is 11.8 Å². The predicted molar refractivity (Wildman–Crippen MR) is 428 cm³/mol. The van der Waals surface area contributed by atoms with E-state index >= 15 is 0 Å². The number of fused-ring (bicyclic) bond motifs is 1. The summed E-state index contributed by atoms with van der Waals surface area (Å²) < 4.78 is 2.36. The van der Waals surface area contributed by atoms with E-state index in [2.05, 4.69) is 56.7 Å². The van der Waals surface area contributed by atoms with Crippen LogP contribution in [0.4, 0.5) is 4.79 Å². The number of carbonyl (C=O) groups is 6. The van der Waals surface area contributed by atoms with Crippen LogP contribution in [-0.2, 0) is 62.6 Å². The molecule has 6 amide bonds. The van der Waals surface area contributed by atoms with Gasteiger partial charge in [-0.3, -0.25) is 24.1 Å². The lowest BCUT2D eigenvalue weighted by molar-refractivity contribution is -0.712. The number of carboxylic acids is 1. The summed E-state index contributed by atoms with van der Waals surface area (Å²) in [6.45, 7) is 21.1. The molecule has 102 heavy (non-hydrogen) atoms. The predicted octanol–water partition coefficient (Wildman–Crippen LogP) is 22.3. The number of imide groups is 1. The van der Waals surface area contributed by atoms with Gasteiger partial charge in [0.1, 0.15) is 30.0 Å². The van der Waals surface area contributed by atoms with E-state index in [1.54, 1.807) is 51.1 Å². The molecule has 5 rings (SSSR count). The number of carboxylic acid groups (broad SMARTS) is 1. The summed E-state index contributed by atoms with van der Waals surface area (Å²) in [6.07, 6.45) is 75.3. The minimum absolute atomic E-state index is 0.0200. The van der Waals surface area contributed by atoms with Crippen LogP contribution in [0.2, 0.25) is 0 Å². The molecule has 0 unspecified atom stereocenters. The number of piperazine rings is 1. The molecule has 1 aromatic carbocycles. The van der Waals surface area contributed by atoms with Crippen molar-refractivity contribution in [3.05, 3.63) is 64.0 Å². The molecule has 0 spiro atoms. The van der Waals surface area contributed by atoms with Crippen molar-refractivity contribution < 1.29 is 38.4 Å². The monoisotopic (exact) mass is 1440 g/mol. The zero-order valence-electron chi connectivity index (χ0n) is 67.1. The number of likely N-dealkylation sites (N-methyl/N-ethyl adjacent to an activating group) is 1. The third kappa shape index (κ3) is 32.7. The quantitative estimate of drug-likeness (QED) is 0.0255. The smallest absolute Gasteiger partial charge is 0.327 e. The lowest BCUT2D eigenvalue weighted by Crippen LogP contribution is -2.71. The summed E-state index contributed by atoms with van der Waals surface area (Å²) in [5.74, 6) is -4.12. The summed E-state index contributed by atoms with van der Waals surface area (Å²) >= 11 is 1.28. The standard InChI is InChI=1S/C65H126N.C23H27N5O7S/c1-7-13-19-25-31-37-43-49-55-61-62(56-50-44-38-32-26-20-14-8-2)64(58-52-46-40-34-28-22-16-10-4)66(60-54-48-42-36-30-24-18-12-6)65(59-53-47-41-35-29-23-17-11-5)63(61)57-51-45-39-33-27-21-15-9-3;1-4-26-10-11-27(19(32)18(26)31)22(35)25-13(12-8-6-5-7-9-12)16(29)24-14-17(30)28-15(21(33)34)23(2,3)36-20(14)28/h7-60H2,1-6H3;5-9,13-15,20H,4,10-11H2,1-3H3,(H,24,29)(H,25,35)(H,33,34)/q+1;/t;13-,14-,15+,20-/m.1/s1. The Kier molecular flexibility index (Phi) is 48.5. The number of hydrogen-bond acceptors (Lipinski definition) is 7. The van der Waals surface area contributed by atoms with E-state index in [1.165, 1.54) is 368 Å². The highest BCUT2D eigenvalue weighted by molar-refractivity contribution is 8.01. The number of pyridine rings is 1. The number of thioether (sulfide) groups is 1. The maximum atomic E-state index is 13.3. The fourth-order valence-corrected chi connectivity index (χ4v) is 17.6. The first-order valence-electron chi connectivity index (χ1n) is 43.2. The van der Waals surface area contributed by atoms with Gasteiger partial charge in [0.25, 0.3) is 0 Å². The first-order valence-corrected chi connectivity index (χ1v) is 44.1. The number of urea groups is 1. The molecular weight excluding hydrogens is 1290 g/mol. The maximum Gasteiger partial charge on any atom is 0.327 e. The lowest BCUT2D eigenvalue weighted by atomic mass is 9.85. The van der Waals surface area contributed by atoms with Crippen LogP contribution < -0.4 is 15.2 Å². The van der Waals surface area contributed by atoms with Gasteiger partial charge in [-0.1, -0.05) is 335 Å². The Bertz CT molecular complexity index is 2370. The van der Waals surface area contributed by atoms with Gasteiger partial charge < -0.3 is 25.5 Å². The lowest BCUT2D eigenvalue weighted by Gasteiger charge is -2.44. The van der Waals surface area contributed by atoms with Crippen molar-refractivity contribution in [3.8, 4) is 0 Å². The molecule has 0 radical (unpaired) electrons. The second-order valence-corrected chi connectivity index (χ2v) is 33.1. The van der Waals surface area contributed by atoms with E-state index in [-0.39, 0.29) is 13.1 Å².